The van der Waals surface area contributed by atoms with Crippen molar-refractivity contribution in [3.63, 3.8) is 0 Å². The SMILES string of the molecule is CC(C)c1cccc(Nc2ncccc2C(=O)O)c1. The van der Waals surface area contributed by atoms with Crippen LogP contribution >= 0.6 is 0 Å². The smallest absolute Gasteiger partial charge is 0.339 e. The Morgan fingerprint density at radius 2 is 2.05 bits per heavy atom. The van der Waals surface area contributed by atoms with Crippen molar-refractivity contribution in [2.45, 2.75) is 19.8 Å². The fourth-order valence-electron chi connectivity index (χ4n) is 1.79. The third-order valence-corrected chi connectivity index (χ3v) is 2.85. The summed E-state index contributed by atoms with van der Waals surface area (Å²) in [5, 5.41) is 12.2. The van der Waals surface area contributed by atoms with Crippen LogP contribution in [0.4, 0.5) is 11.5 Å². The molecule has 0 aliphatic rings. The third kappa shape index (κ3) is 3.10. The molecule has 2 aromatic rings. The molecular weight excluding hydrogens is 240 g/mol. The fraction of sp³-hybridized carbons (Fsp3) is 0.200. The number of aromatic carboxylic acids is 1. The van der Waals surface area contributed by atoms with Gasteiger partial charge in [0.2, 0.25) is 0 Å². The van der Waals surface area contributed by atoms with Gasteiger partial charge in [0.25, 0.3) is 0 Å². The van der Waals surface area contributed by atoms with Crippen LogP contribution in [0, 0.1) is 0 Å². The van der Waals surface area contributed by atoms with Gasteiger partial charge < -0.3 is 10.4 Å². The van der Waals surface area contributed by atoms with Gasteiger partial charge in [0.15, 0.2) is 0 Å². The van der Waals surface area contributed by atoms with Crippen LogP contribution in [0.1, 0.15) is 35.7 Å². The van der Waals surface area contributed by atoms with Crippen LogP contribution in [0.3, 0.4) is 0 Å². The highest BCUT2D eigenvalue weighted by atomic mass is 16.4. The number of pyridine rings is 1. The van der Waals surface area contributed by atoms with Crippen molar-refractivity contribution in [3.8, 4) is 0 Å². The van der Waals surface area contributed by atoms with Crippen LogP contribution in [0.15, 0.2) is 42.6 Å². The Kier molecular flexibility index (Phi) is 3.80. The van der Waals surface area contributed by atoms with Crippen molar-refractivity contribution >= 4 is 17.5 Å². The molecule has 0 unspecified atom stereocenters. The molecule has 2 N–H and O–H groups in total. The quantitative estimate of drug-likeness (QED) is 0.876. The lowest BCUT2D eigenvalue weighted by Gasteiger charge is -2.11. The van der Waals surface area contributed by atoms with Crippen LogP contribution in [-0.2, 0) is 0 Å². The van der Waals surface area contributed by atoms with Gasteiger partial charge in [0.1, 0.15) is 11.4 Å². The van der Waals surface area contributed by atoms with Crippen LogP contribution in [0.5, 0.6) is 0 Å². The Morgan fingerprint density at radius 3 is 2.74 bits per heavy atom. The zero-order chi connectivity index (χ0) is 13.8. The minimum Gasteiger partial charge on any atom is -0.478 e. The van der Waals surface area contributed by atoms with Gasteiger partial charge in [-0.3, -0.25) is 0 Å². The van der Waals surface area contributed by atoms with Crippen molar-refractivity contribution in [2.24, 2.45) is 0 Å². The average Bonchev–Trinajstić information content (AvgIpc) is 2.39. The van der Waals surface area contributed by atoms with E-state index < -0.39 is 5.97 Å². The van der Waals surface area contributed by atoms with E-state index in [1.807, 2.05) is 24.3 Å². The summed E-state index contributed by atoms with van der Waals surface area (Å²) in [4.78, 5) is 15.2. The maximum atomic E-state index is 11.1. The molecule has 1 aromatic carbocycles. The number of carbonyl (C=O) groups is 1. The summed E-state index contributed by atoms with van der Waals surface area (Å²) < 4.78 is 0. The fourth-order valence-corrected chi connectivity index (χ4v) is 1.79. The number of rotatable bonds is 4. The van der Waals surface area contributed by atoms with Gasteiger partial charge in [-0.1, -0.05) is 26.0 Å². The van der Waals surface area contributed by atoms with E-state index in [1.165, 1.54) is 11.6 Å². The maximum absolute atomic E-state index is 11.1. The zero-order valence-corrected chi connectivity index (χ0v) is 10.9. The number of carboxylic acids is 1. The predicted molar refractivity (Wildman–Crippen MR) is 75.0 cm³/mol. The molecule has 4 heteroatoms. The van der Waals surface area contributed by atoms with Gasteiger partial charge in [0.05, 0.1) is 0 Å². The molecule has 19 heavy (non-hydrogen) atoms. The Balaban J connectivity index is 2.31. The minimum absolute atomic E-state index is 0.164. The van der Waals surface area contributed by atoms with Crippen molar-refractivity contribution in [2.75, 3.05) is 5.32 Å². The average molecular weight is 256 g/mol. The molecule has 0 fully saturated rings. The van der Waals surface area contributed by atoms with Crippen LogP contribution in [0.25, 0.3) is 0 Å². The number of benzene rings is 1. The van der Waals surface area contributed by atoms with E-state index in [-0.39, 0.29) is 5.56 Å². The van der Waals surface area contributed by atoms with Crippen LogP contribution in [0.2, 0.25) is 0 Å². The molecule has 1 heterocycles. The topological polar surface area (TPSA) is 62.2 Å². The number of nitrogens with zero attached hydrogens (tertiary/aromatic N) is 1. The molecule has 0 amide bonds. The Labute approximate surface area is 112 Å². The Bertz CT molecular complexity index is 594. The van der Waals surface area contributed by atoms with Crippen molar-refractivity contribution in [1.29, 1.82) is 0 Å². The van der Waals surface area contributed by atoms with E-state index in [2.05, 4.69) is 24.1 Å². The maximum Gasteiger partial charge on any atom is 0.339 e. The monoisotopic (exact) mass is 256 g/mol. The van der Waals surface area contributed by atoms with Crippen molar-refractivity contribution in [1.82, 2.24) is 4.98 Å². The van der Waals surface area contributed by atoms with Gasteiger partial charge in [-0.05, 0) is 35.7 Å². The summed E-state index contributed by atoms with van der Waals surface area (Å²) in [6.07, 6.45) is 1.57. The van der Waals surface area contributed by atoms with E-state index in [1.54, 1.807) is 12.3 Å². The molecule has 0 atom stereocenters. The summed E-state index contributed by atoms with van der Waals surface area (Å²) in [7, 11) is 0. The molecule has 4 nitrogen and oxygen atoms in total. The minimum atomic E-state index is -0.990. The molecule has 0 saturated heterocycles. The zero-order valence-electron chi connectivity index (χ0n) is 10.9. The van der Waals surface area contributed by atoms with Gasteiger partial charge in [-0.15, -0.1) is 0 Å². The molecule has 0 spiro atoms. The van der Waals surface area contributed by atoms with Crippen LogP contribution < -0.4 is 5.32 Å². The first-order valence-electron chi connectivity index (χ1n) is 6.13. The molecule has 0 radical (unpaired) electrons. The van der Waals surface area contributed by atoms with E-state index in [0.717, 1.165) is 5.69 Å². The summed E-state index contributed by atoms with van der Waals surface area (Å²) in [5.74, 6) is -0.212. The molecule has 2 rings (SSSR count). The molecule has 98 valence electrons. The molecule has 0 bridgehead atoms. The van der Waals surface area contributed by atoms with Crippen LogP contribution in [-0.4, -0.2) is 16.1 Å². The van der Waals surface area contributed by atoms with E-state index >= 15 is 0 Å². The first kappa shape index (κ1) is 13.1. The lowest BCUT2D eigenvalue weighted by Crippen LogP contribution is -2.04. The number of aromatic nitrogens is 1. The first-order chi connectivity index (χ1) is 9.08. The summed E-state index contributed by atoms with van der Waals surface area (Å²) in [6, 6.07) is 11.0. The highest BCUT2D eigenvalue weighted by Gasteiger charge is 2.10. The normalized spacial score (nSPS) is 10.5. The number of hydrogen-bond acceptors (Lipinski definition) is 3. The third-order valence-electron chi connectivity index (χ3n) is 2.85. The second-order valence-corrected chi connectivity index (χ2v) is 4.61. The standard InChI is InChI=1S/C15H16N2O2/c1-10(2)11-5-3-6-12(9-11)17-14-13(15(18)19)7-4-8-16-14/h3-10H,1-2H3,(H,16,17)(H,18,19). The molecule has 0 aliphatic carbocycles. The molecule has 0 saturated carbocycles. The summed E-state index contributed by atoms with van der Waals surface area (Å²) in [6.45, 7) is 4.23. The largest absolute Gasteiger partial charge is 0.478 e. The predicted octanol–water partition coefficient (Wildman–Crippen LogP) is 3.65. The number of nitrogens with one attached hydrogen (secondary N) is 1. The van der Waals surface area contributed by atoms with Gasteiger partial charge in [0, 0.05) is 11.9 Å². The van der Waals surface area contributed by atoms with Crippen molar-refractivity contribution < 1.29 is 9.90 Å². The molecule has 1 aromatic heterocycles. The summed E-state index contributed by atoms with van der Waals surface area (Å²) in [5.41, 5.74) is 2.20. The van der Waals surface area contributed by atoms with Gasteiger partial charge in [-0.25, -0.2) is 9.78 Å². The summed E-state index contributed by atoms with van der Waals surface area (Å²) >= 11 is 0. The number of anilines is 2. The first-order valence-corrected chi connectivity index (χ1v) is 6.13. The van der Waals surface area contributed by atoms with Gasteiger partial charge in [-0.2, -0.15) is 0 Å². The van der Waals surface area contributed by atoms with E-state index in [4.69, 9.17) is 5.11 Å². The molecule has 0 aliphatic heterocycles. The lowest BCUT2D eigenvalue weighted by molar-refractivity contribution is 0.0697. The molecular formula is C15H16N2O2. The van der Waals surface area contributed by atoms with Gasteiger partial charge >= 0.3 is 5.97 Å². The van der Waals surface area contributed by atoms with E-state index in [9.17, 15) is 4.79 Å². The highest BCUT2D eigenvalue weighted by molar-refractivity contribution is 5.93. The highest BCUT2D eigenvalue weighted by Crippen LogP contribution is 2.22. The Morgan fingerprint density at radius 1 is 1.26 bits per heavy atom. The number of hydrogen-bond donors (Lipinski definition) is 2. The second-order valence-electron chi connectivity index (χ2n) is 4.61. The second kappa shape index (κ2) is 5.52. The lowest BCUT2D eigenvalue weighted by atomic mass is 10.0. The number of carboxylic acid groups (broad SMARTS) is 1. The van der Waals surface area contributed by atoms with Crippen molar-refractivity contribution in [3.05, 3.63) is 53.7 Å². The Hall–Kier alpha value is -2.36. The van der Waals surface area contributed by atoms with E-state index in [0.29, 0.717) is 11.7 Å².